The molecule has 0 radical (unpaired) electrons. The lowest BCUT2D eigenvalue weighted by atomic mass is 10.2. The van der Waals surface area contributed by atoms with Crippen molar-refractivity contribution in [1.82, 2.24) is 9.97 Å². The van der Waals surface area contributed by atoms with E-state index in [2.05, 4.69) is 19.9 Å². The second-order valence-corrected chi connectivity index (χ2v) is 7.99. The first kappa shape index (κ1) is 31.7. The number of carboxylic acids is 2. The van der Waals surface area contributed by atoms with Gasteiger partial charge in [-0.1, -0.05) is 21.6 Å². The standard InChI is InChI=1S/2C8N6.C4H6O4S2/c2*9-1-5-6(2-10)14-8(4-12)7(3-11)13-5;5-3(6)1-9-10-2-4(7)8/h;;1-2H2,(H,5,6)(H,7,8). The first-order chi connectivity index (χ1) is 18.1. The number of hydrogen-bond donors (Lipinski definition) is 0. The van der Waals surface area contributed by atoms with Crippen molar-refractivity contribution in [2.45, 2.75) is 0 Å². The van der Waals surface area contributed by atoms with Crippen LogP contribution in [0.3, 0.4) is 0 Å². The third-order valence-corrected chi connectivity index (χ3v) is 5.28. The molecule has 0 aromatic carbocycles. The molecule has 2 aromatic heterocycles. The fraction of sp³-hybridized carbons (Fsp3) is 0.100. The number of H-pyrrole nitrogens is 2. The minimum atomic E-state index is -1.20. The van der Waals surface area contributed by atoms with Crippen LogP contribution in [0.1, 0.15) is 45.6 Å². The highest BCUT2D eigenvalue weighted by molar-refractivity contribution is 8.77. The number of carboxylic acid groups (broad SMARTS) is 2. The largest absolute Gasteiger partial charge is 0.549 e. The van der Waals surface area contributed by atoms with Gasteiger partial charge < -0.3 is 19.8 Å². The Kier molecular flexibility index (Phi) is 14.4. The molecule has 0 fully saturated rings. The zero-order valence-electron chi connectivity index (χ0n) is 18.3. The minimum Gasteiger partial charge on any atom is -0.549 e. The van der Waals surface area contributed by atoms with Crippen LogP contribution in [0.2, 0.25) is 0 Å². The predicted molar refractivity (Wildman–Crippen MR) is 114 cm³/mol. The summed E-state index contributed by atoms with van der Waals surface area (Å²) in [6, 6.07) is 13.3. The molecule has 0 amide bonds. The van der Waals surface area contributed by atoms with E-state index in [9.17, 15) is 19.8 Å². The van der Waals surface area contributed by atoms with E-state index in [0.29, 0.717) is 0 Å². The summed E-state index contributed by atoms with van der Waals surface area (Å²) in [4.78, 5) is 31.3. The first-order valence-corrected chi connectivity index (χ1v) is 11.4. The summed E-state index contributed by atoms with van der Waals surface area (Å²) in [5, 5.41) is 88.0. The van der Waals surface area contributed by atoms with E-state index in [1.165, 1.54) is 0 Å². The van der Waals surface area contributed by atoms with Gasteiger partial charge in [-0.3, -0.25) is 0 Å². The lowest BCUT2D eigenvalue weighted by Gasteiger charge is -2.01. The number of nitriles is 8. The normalized spacial score (nSPS) is 8.11. The molecule has 0 aliphatic rings. The van der Waals surface area contributed by atoms with Gasteiger partial charge >= 0.3 is 22.8 Å². The molecule has 2 heterocycles. The predicted octanol–water partition coefficient (Wildman–Crippen LogP) is -3.37. The molecule has 0 saturated heterocycles. The molecule has 0 aliphatic heterocycles. The minimum absolute atomic E-state index is 0.122. The summed E-state index contributed by atoms with van der Waals surface area (Å²) in [5.41, 5.74) is -1.26. The number of nitrogens with one attached hydrogen (secondary N) is 2. The maximum atomic E-state index is 9.74. The van der Waals surface area contributed by atoms with E-state index < -0.39 is 11.9 Å². The molecule has 2 rings (SSSR count). The fourth-order valence-corrected chi connectivity index (χ4v) is 3.20. The van der Waals surface area contributed by atoms with E-state index in [1.54, 1.807) is 48.6 Å². The lowest BCUT2D eigenvalue weighted by molar-refractivity contribution is -0.388. The van der Waals surface area contributed by atoms with Gasteiger partial charge in [-0.15, -0.1) is 0 Å². The second-order valence-electron chi connectivity index (χ2n) is 5.53. The van der Waals surface area contributed by atoms with Gasteiger partial charge in [0.05, 0.1) is 11.9 Å². The average Bonchev–Trinajstić information content (AvgIpc) is 2.93. The van der Waals surface area contributed by atoms with Crippen LogP contribution in [-0.2, 0) is 9.59 Å². The van der Waals surface area contributed by atoms with Crippen molar-refractivity contribution >= 4 is 33.5 Å². The molecule has 0 bridgehead atoms. The van der Waals surface area contributed by atoms with Crippen molar-refractivity contribution in [3.8, 4) is 48.6 Å². The van der Waals surface area contributed by atoms with Crippen LogP contribution >= 0.6 is 21.6 Å². The molecule has 18 heteroatoms. The maximum absolute atomic E-state index is 9.74. The third-order valence-electron chi connectivity index (χ3n) is 3.20. The van der Waals surface area contributed by atoms with Crippen molar-refractivity contribution in [3.05, 3.63) is 45.6 Å². The number of carbonyl (C=O) groups excluding carboxylic acids is 2. The molecule has 38 heavy (non-hydrogen) atoms. The molecule has 0 atom stereocenters. The van der Waals surface area contributed by atoms with Crippen LogP contribution < -0.4 is 20.2 Å². The number of nitrogens with zero attached hydrogens (tertiary/aromatic N) is 10. The molecule has 2 N–H and O–H groups in total. The number of aliphatic carboxylic acids is 2. The number of rotatable bonds is 5. The summed E-state index contributed by atoms with van der Waals surface area (Å²) < 4.78 is 0. The van der Waals surface area contributed by atoms with Gasteiger partial charge in [0.2, 0.25) is 22.8 Å². The van der Waals surface area contributed by atoms with Gasteiger partial charge in [-0.05, 0) is 0 Å². The Morgan fingerprint density at radius 2 is 0.789 bits per heavy atom. The number of aromatic amines is 2. The average molecular weight is 542 g/mol. The number of aromatic nitrogens is 4. The van der Waals surface area contributed by atoms with Gasteiger partial charge in [-0.2, -0.15) is 52.1 Å². The van der Waals surface area contributed by atoms with E-state index >= 15 is 0 Å². The van der Waals surface area contributed by atoms with Crippen LogP contribution in [0.15, 0.2) is 0 Å². The highest BCUT2D eigenvalue weighted by Crippen LogP contribution is 2.19. The van der Waals surface area contributed by atoms with Gasteiger partial charge in [0.1, 0.15) is 24.3 Å². The molecule has 182 valence electrons. The summed E-state index contributed by atoms with van der Waals surface area (Å²) in [7, 11) is 1.85. The molecule has 2 aromatic rings. The van der Waals surface area contributed by atoms with Crippen molar-refractivity contribution in [1.29, 1.82) is 42.1 Å². The fourth-order valence-electron chi connectivity index (χ4n) is 1.76. The van der Waals surface area contributed by atoms with Crippen molar-refractivity contribution in [3.63, 3.8) is 0 Å². The number of carbonyl (C=O) groups is 2. The van der Waals surface area contributed by atoms with Crippen LogP contribution in [-0.4, -0.2) is 33.4 Å². The molecular formula is C20H6N12O4S2. The molecule has 0 spiro atoms. The third kappa shape index (κ3) is 10.3. The molecule has 0 saturated carbocycles. The van der Waals surface area contributed by atoms with Gasteiger partial charge in [0.25, 0.3) is 0 Å². The Balaban J connectivity index is 0.000000551. The van der Waals surface area contributed by atoms with Crippen molar-refractivity contribution in [2.24, 2.45) is 0 Å². The molecular weight excluding hydrogens is 536 g/mol. The Labute approximate surface area is 220 Å². The van der Waals surface area contributed by atoms with E-state index in [0.717, 1.165) is 21.6 Å². The zero-order valence-corrected chi connectivity index (χ0v) is 20.0. The van der Waals surface area contributed by atoms with E-state index in [-0.39, 0.29) is 57.1 Å². The second kappa shape index (κ2) is 17.2. The highest BCUT2D eigenvalue weighted by Gasteiger charge is 2.20. The maximum Gasteiger partial charge on any atom is 0.319 e. The quantitative estimate of drug-likeness (QED) is 0.263. The van der Waals surface area contributed by atoms with E-state index in [1.807, 2.05) is 0 Å². The van der Waals surface area contributed by atoms with Gasteiger partial charge in [-0.25, -0.2) is 9.97 Å². The van der Waals surface area contributed by atoms with Crippen LogP contribution in [0.4, 0.5) is 0 Å². The zero-order chi connectivity index (χ0) is 29.1. The topological polar surface area (TPSA) is 325 Å². The van der Waals surface area contributed by atoms with Gasteiger partial charge in [0.15, 0.2) is 24.3 Å². The van der Waals surface area contributed by atoms with E-state index in [4.69, 9.17) is 42.1 Å². The SMILES string of the molecule is N#Cc1nc(C#N)c(C#N)[nH+]c1C#N.N#Cc1nc(C#N)c(C#N)[nH+]c1C#N.O=C([O-])CSSCC(=O)[O-]. The lowest BCUT2D eigenvalue weighted by Crippen LogP contribution is -2.25. The summed E-state index contributed by atoms with van der Waals surface area (Å²) >= 11 is 0. The first-order valence-electron chi connectivity index (χ1n) is 8.95. The molecule has 0 aliphatic carbocycles. The summed E-state index contributed by atoms with van der Waals surface area (Å²) in [5.74, 6) is -2.79. The Bertz CT molecular complexity index is 1270. The summed E-state index contributed by atoms with van der Waals surface area (Å²) in [6.07, 6.45) is 0. The Morgan fingerprint density at radius 3 is 0.947 bits per heavy atom. The Hall–Kier alpha value is -6.28. The van der Waals surface area contributed by atoms with Crippen LogP contribution in [0, 0.1) is 90.6 Å². The molecule has 16 nitrogen and oxygen atoms in total. The van der Waals surface area contributed by atoms with Crippen molar-refractivity contribution in [2.75, 3.05) is 11.5 Å². The van der Waals surface area contributed by atoms with Crippen molar-refractivity contribution < 1.29 is 29.8 Å². The van der Waals surface area contributed by atoms with Crippen LogP contribution in [0.25, 0.3) is 0 Å². The highest BCUT2D eigenvalue weighted by atomic mass is 33.1. The molecule has 0 unspecified atom stereocenters. The summed E-state index contributed by atoms with van der Waals surface area (Å²) in [6.45, 7) is 0. The van der Waals surface area contributed by atoms with Crippen LogP contribution in [0.5, 0.6) is 0 Å². The smallest absolute Gasteiger partial charge is 0.319 e. The monoisotopic (exact) mass is 542 g/mol. The Morgan fingerprint density at radius 1 is 0.553 bits per heavy atom. The number of hydrogen-bond acceptors (Lipinski definition) is 16. The van der Waals surface area contributed by atoms with Gasteiger partial charge in [0, 0.05) is 11.5 Å².